The highest BCUT2D eigenvalue weighted by Crippen LogP contribution is 2.26. The van der Waals surface area contributed by atoms with Crippen molar-refractivity contribution >= 4 is 0 Å². The monoisotopic (exact) mass is 223 g/mol. The molecule has 3 nitrogen and oxygen atoms in total. The fraction of sp³-hybridized carbons (Fsp3) is 0.538. The molecule has 1 aromatic carbocycles. The van der Waals surface area contributed by atoms with Crippen molar-refractivity contribution in [3.8, 4) is 5.75 Å². The Kier molecular flexibility index (Phi) is 5.29. The summed E-state index contributed by atoms with van der Waals surface area (Å²) in [4.78, 5) is 0. The summed E-state index contributed by atoms with van der Waals surface area (Å²) < 4.78 is 10.7. The van der Waals surface area contributed by atoms with Crippen LogP contribution in [-0.2, 0) is 4.74 Å². The first kappa shape index (κ1) is 13.0. The van der Waals surface area contributed by atoms with E-state index < -0.39 is 0 Å². The Morgan fingerprint density at radius 1 is 1.31 bits per heavy atom. The second-order valence-electron chi connectivity index (χ2n) is 3.89. The van der Waals surface area contributed by atoms with Crippen LogP contribution in [0.5, 0.6) is 5.75 Å². The largest absolute Gasteiger partial charge is 0.491 e. The SMILES string of the molecule is CNC(C)c1ccc(C)cc1OCCOC. The lowest BCUT2D eigenvalue weighted by Gasteiger charge is -2.17. The Bertz CT molecular complexity index is 326. The number of nitrogens with one attached hydrogen (secondary N) is 1. The summed E-state index contributed by atoms with van der Waals surface area (Å²) in [5, 5.41) is 3.22. The number of aryl methyl sites for hydroxylation is 1. The predicted octanol–water partition coefficient (Wildman–Crippen LogP) is 2.30. The lowest BCUT2D eigenvalue weighted by atomic mass is 10.1. The second-order valence-corrected chi connectivity index (χ2v) is 3.89. The van der Waals surface area contributed by atoms with E-state index in [1.165, 1.54) is 11.1 Å². The third-order valence-electron chi connectivity index (χ3n) is 2.61. The molecule has 0 saturated heterocycles. The van der Waals surface area contributed by atoms with Gasteiger partial charge in [-0.3, -0.25) is 0 Å². The summed E-state index contributed by atoms with van der Waals surface area (Å²) in [6.45, 7) is 5.38. The van der Waals surface area contributed by atoms with E-state index in [1.807, 2.05) is 7.05 Å². The van der Waals surface area contributed by atoms with Crippen LogP contribution in [-0.4, -0.2) is 27.4 Å². The molecule has 16 heavy (non-hydrogen) atoms. The third-order valence-corrected chi connectivity index (χ3v) is 2.61. The van der Waals surface area contributed by atoms with Gasteiger partial charge in [-0.1, -0.05) is 12.1 Å². The van der Waals surface area contributed by atoms with E-state index in [2.05, 4.69) is 37.4 Å². The van der Waals surface area contributed by atoms with Crippen molar-refractivity contribution < 1.29 is 9.47 Å². The van der Waals surface area contributed by atoms with E-state index in [0.29, 0.717) is 13.2 Å². The molecular formula is C13H21NO2. The van der Waals surface area contributed by atoms with Crippen molar-refractivity contribution in [2.45, 2.75) is 19.9 Å². The topological polar surface area (TPSA) is 30.5 Å². The van der Waals surface area contributed by atoms with Crippen LogP contribution in [0.15, 0.2) is 18.2 Å². The standard InChI is InChI=1S/C13H21NO2/c1-10-5-6-12(11(2)14-3)13(9-10)16-8-7-15-4/h5-6,9,11,14H,7-8H2,1-4H3. The summed E-state index contributed by atoms with van der Waals surface area (Å²) in [7, 11) is 3.63. The van der Waals surface area contributed by atoms with Gasteiger partial charge in [0.2, 0.25) is 0 Å². The summed E-state index contributed by atoms with van der Waals surface area (Å²) in [6, 6.07) is 6.57. The Morgan fingerprint density at radius 2 is 2.06 bits per heavy atom. The van der Waals surface area contributed by atoms with Crippen molar-refractivity contribution in [3.05, 3.63) is 29.3 Å². The maximum absolute atomic E-state index is 5.72. The Balaban J connectivity index is 2.81. The molecule has 0 aliphatic rings. The van der Waals surface area contributed by atoms with E-state index >= 15 is 0 Å². The van der Waals surface area contributed by atoms with Gasteiger partial charge in [-0.2, -0.15) is 0 Å². The van der Waals surface area contributed by atoms with Crippen LogP contribution in [0.4, 0.5) is 0 Å². The first-order chi connectivity index (χ1) is 7.69. The molecule has 1 N–H and O–H groups in total. The minimum Gasteiger partial charge on any atom is -0.491 e. The summed E-state index contributed by atoms with van der Waals surface area (Å²) in [5.41, 5.74) is 2.39. The molecule has 0 heterocycles. The fourth-order valence-electron chi connectivity index (χ4n) is 1.51. The maximum atomic E-state index is 5.72. The minimum atomic E-state index is 0.290. The Labute approximate surface area is 97.8 Å². The maximum Gasteiger partial charge on any atom is 0.124 e. The molecule has 0 bridgehead atoms. The number of rotatable bonds is 6. The molecule has 3 heteroatoms. The highest BCUT2D eigenvalue weighted by atomic mass is 16.5. The van der Waals surface area contributed by atoms with E-state index in [9.17, 15) is 0 Å². The molecular weight excluding hydrogens is 202 g/mol. The van der Waals surface area contributed by atoms with Crippen molar-refractivity contribution in [1.82, 2.24) is 5.32 Å². The normalized spacial score (nSPS) is 12.5. The van der Waals surface area contributed by atoms with Crippen LogP contribution in [0.1, 0.15) is 24.1 Å². The van der Waals surface area contributed by atoms with Crippen LogP contribution in [0, 0.1) is 6.92 Å². The van der Waals surface area contributed by atoms with Crippen LogP contribution >= 0.6 is 0 Å². The van der Waals surface area contributed by atoms with E-state index in [0.717, 1.165) is 5.75 Å². The zero-order valence-corrected chi connectivity index (χ0v) is 10.5. The molecule has 0 saturated carbocycles. The van der Waals surface area contributed by atoms with Crippen molar-refractivity contribution in [1.29, 1.82) is 0 Å². The third kappa shape index (κ3) is 3.51. The number of hydrogen-bond acceptors (Lipinski definition) is 3. The van der Waals surface area contributed by atoms with Gasteiger partial charge in [0.25, 0.3) is 0 Å². The molecule has 1 unspecified atom stereocenters. The van der Waals surface area contributed by atoms with Gasteiger partial charge in [0.05, 0.1) is 6.61 Å². The van der Waals surface area contributed by atoms with E-state index in [-0.39, 0.29) is 6.04 Å². The average molecular weight is 223 g/mol. The van der Waals surface area contributed by atoms with Gasteiger partial charge in [0, 0.05) is 18.7 Å². The van der Waals surface area contributed by atoms with Gasteiger partial charge >= 0.3 is 0 Å². The zero-order chi connectivity index (χ0) is 12.0. The fourth-order valence-corrected chi connectivity index (χ4v) is 1.51. The molecule has 0 aliphatic carbocycles. The Hall–Kier alpha value is -1.06. The molecule has 0 fully saturated rings. The molecule has 0 aromatic heterocycles. The highest BCUT2D eigenvalue weighted by molar-refractivity contribution is 5.39. The van der Waals surface area contributed by atoms with Crippen molar-refractivity contribution in [2.24, 2.45) is 0 Å². The Morgan fingerprint density at radius 3 is 2.69 bits per heavy atom. The average Bonchev–Trinajstić information content (AvgIpc) is 2.29. The van der Waals surface area contributed by atoms with Crippen molar-refractivity contribution in [2.75, 3.05) is 27.4 Å². The summed E-state index contributed by atoms with van der Waals surface area (Å²) >= 11 is 0. The predicted molar refractivity (Wildman–Crippen MR) is 66.0 cm³/mol. The molecule has 0 radical (unpaired) electrons. The smallest absolute Gasteiger partial charge is 0.124 e. The lowest BCUT2D eigenvalue weighted by Crippen LogP contribution is -2.15. The van der Waals surface area contributed by atoms with Crippen molar-refractivity contribution in [3.63, 3.8) is 0 Å². The summed E-state index contributed by atoms with van der Waals surface area (Å²) in [5.74, 6) is 0.943. The van der Waals surface area contributed by atoms with Gasteiger partial charge in [-0.15, -0.1) is 0 Å². The number of methoxy groups -OCH3 is 1. The van der Waals surface area contributed by atoms with Gasteiger partial charge < -0.3 is 14.8 Å². The van der Waals surface area contributed by atoms with Crippen LogP contribution in [0.2, 0.25) is 0 Å². The van der Waals surface area contributed by atoms with Gasteiger partial charge in [-0.25, -0.2) is 0 Å². The number of hydrogen-bond donors (Lipinski definition) is 1. The molecule has 0 spiro atoms. The van der Waals surface area contributed by atoms with Crippen LogP contribution in [0.3, 0.4) is 0 Å². The number of benzene rings is 1. The molecule has 1 rings (SSSR count). The highest BCUT2D eigenvalue weighted by Gasteiger charge is 2.09. The second kappa shape index (κ2) is 6.51. The van der Waals surface area contributed by atoms with Gasteiger partial charge in [-0.05, 0) is 32.5 Å². The molecule has 1 aromatic rings. The van der Waals surface area contributed by atoms with E-state index in [4.69, 9.17) is 9.47 Å². The van der Waals surface area contributed by atoms with E-state index in [1.54, 1.807) is 7.11 Å². The zero-order valence-electron chi connectivity index (χ0n) is 10.5. The van der Waals surface area contributed by atoms with Crippen LogP contribution in [0.25, 0.3) is 0 Å². The van der Waals surface area contributed by atoms with Gasteiger partial charge in [0.1, 0.15) is 12.4 Å². The van der Waals surface area contributed by atoms with Crippen LogP contribution < -0.4 is 10.1 Å². The molecule has 1 atom stereocenters. The first-order valence-corrected chi connectivity index (χ1v) is 5.58. The molecule has 90 valence electrons. The lowest BCUT2D eigenvalue weighted by molar-refractivity contribution is 0.145. The molecule has 0 amide bonds. The van der Waals surface area contributed by atoms with Gasteiger partial charge in [0.15, 0.2) is 0 Å². The first-order valence-electron chi connectivity index (χ1n) is 5.58. The molecule has 0 aliphatic heterocycles. The minimum absolute atomic E-state index is 0.290. The number of ether oxygens (including phenoxy) is 2. The summed E-state index contributed by atoms with van der Waals surface area (Å²) in [6.07, 6.45) is 0. The quantitative estimate of drug-likeness (QED) is 0.751.